The molecule has 0 aliphatic carbocycles. The fourth-order valence-electron chi connectivity index (χ4n) is 2.24. The third kappa shape index (κ3) is 2.93. The van der Waals surface area contributed by atoms with Crippen molar-refractivity contribution in [3.63, 3.8) is 0 Å². The Labute approximate surface area is 129 Å². The topological polar surface area (TPSA) is 49.2 Å². The number of para-hydroxylation sites is 1. The minimum absolute atomic E-state index is 0.658. The van der Waals surface area contributed by atoms with E-state index in [-0.39, 0.29) is 0 Å². The van der Waals surface area contributed by atoms with E-state index in [2.05, 4.69) is 10.1 Å². The van der Waals surface area contributed by atoms with Crippen LogP contribution in [0, 0.1) is 0 Å². The zero-order valence-electron chi connectivity index (χ0n) is 12.6. The first-order valence-electron chi connectivity index (χ1n) is 6.96. The number of benzene rings is 2. The van der Waals surface area contributed by atoms with E-state index in [1.807, 2.05) is 53.2 Å². The summed E-state index contributed by atoms with van der Waals surface area (Å²) in [5, 5.41) is 4.52. The van der Waals surface area contributed by atoms with E-state index in [4.69, 9.17) is 9.47 Å². The van der Waals surface area contributed by atoms with Crippen LogP contribution < -0.4 is 9.47 Å². The van der Waals surface area contributed by atoms with Crippen LogP contribution in [0.25, 0.3) is 11.4 Å². The Morgan fingerprint density at radius 1 is 0.955 bits per heavy atom. The molecule has 112 valence electrons. The maximum absolute atomic E-state index is 5.35. The van der Waals surface area contributed by atoms with Gasteiger partial charge in [0.05, 0.1) is 26.3 Å². The molecule has 0 spiro atoms. The van der Waals surface area contributed by atoms with Gasteiger partial charge in [-0.1, -0.05) is 24.3 Å². The summed E-state index contributed by atoms with van der Waals surface area (Å²) >= 11 is 0. The summed E-state index contributed by atoms with van der Waals surface area (Å²) in [5.74, 6) is 2.27. The lowest BCUT2D eigenvalue weighted by Gasteiger charge is -2.05. The van der Waals surface area contributed by atoms with Gasteiger partial charge in [-0.2, -0.15) is 5.10 Å². The van der Waals surface area contributed by atoms with Crippen LogP contribution in [0.1, 0.15) is 5.56 Å². The highest BCUT2D eigenvalue weighted by molar-refractivity contribution is 5.63. The molecule has 0 saturated carbocycles. The molecule has 0 bridgehead atoms. The maximum atomic E-state index is 5.35. The molecule has 0 N–H and O–H groups in total. The van der Waals surface area contributed by atoms with Crippen LogP contribution in [0.4, 0.5) is 0 Å². The van der Waals surface area contributed by atoms with Crippen molar-refractivity contribution in [3.8, 4) is 22.9 Å². The van der Waals surface area contributed by atoms with E-state index >= 15 is 0 Å². The Morgan fingerprint density at radius 2 is 1.73 bits per heavy atom. The Kier molecular flexibility index (Phi) is 4.05. The second-order valence-corrected chi connectivity index (χ2v) is 4.81. The number of methoxy groups -OCH3 is 2. The highest BCUT2D eigenvalue weighted by Crippen LogP contribution is 2.26. The first-order valence-corrected chi connectivity index (χ1v) is 6.96. The molecule has 5 heteroatoms. The van der Waals surface area contributed by atoms with Gasteiger partial charge >= 0.3 is 0 Å². The molecule has 0 fully saturated rings. The van der Waals surface area contributed by atoms with E-state index in [0.29, 0.717) is 12.4 Å². The van der Waals surface area contributed by atoms with Crippen LogP contribution in [-0.2, 0) is 6.54 Å². The summed E-state index contributed by atoms with van der Waals surface area (Å²) in [6.07, 6.45) is 1.73. The molecular weight excluding hydrogens is 278 g/mol. The van der Waals surface area contributed by atoms with E-state index in [1.165, 1.54) is 0 Å². The van der Waals surface area contributed by atoms with Crippen LogP contribution >= 0.6 is 0 Å². The minimum Gasteiger partial charge on any atom is -0.497 e. The fraction of sp³-hybridized carbons (Fsp3) is 0.176. The van der Waals surface area contributed by atoms with Gasteiger partial charge in [-0.05, 0) is 29.8 Å². The van der Waals surface area contributed by atoms with Crippen LogP contribution in [0.3, 0.4) is 0 Å². The molecule has 0 atom stereocenters. The highest BCUT2D eigenvalue weighted by atomic mass is 16.5. The first-order chi connectivity index (χ1) is 10.8. The SMILES string of the molecule is COc1ccc(Cn2cnc(-c3ccccc3OC)n2)cc1. The first kappa shape index (κ1) is 14.1. The van der Waals surface area contributed by atoms with Crippen LogP contribution in [-0.4, -0.2) is 29.0 Å². The van der Waals surface area contributed by atoms with E-state index in [9.17, 15) is 0 Å². The van der Waals surface area contributed by atoms with Crippen molar-refractivity contribution in [1.29, 1.82) is 0 Å². The van der Waals surface area contributed by atoms with Gasteiger partial charge in [0.25, 0.3) is 0 Å². The summed E-state index contributed by atoms with van der Waals surface area (Å²) in [7, 11) is 3.30. The predicted molar refractivity (Wildman–Crippen MR) is 84.1 cm³/mol. The van der Waals surface area contributed by atoms with Gasteiger partial charge in [0.2, 0.25) is 0 Å². The molecule has 22 heavy (non-hydrogen) atoms. The second-order valence-electron chi connectivity index (χ2n) is 4.81. The normalized spacial score (nSPS) is 10.5. The molecule has 0 amide bonds. The summed E-state index contributed by atoms with van der Waals surface area (Å²) in [6, 6.07) is 15.6. The average molecular weight is 295 g/mol. The Morgan fingerprint density at radius 3 is 2.45 bits per heavy atom. The van der Waals surface area contributed by atoms with E-state index in [0.717, 1.165) is 22.6 Å². The van der Waals surface area contributed by atoms with Gasteiger partial charge in [0.1, 0.15) is 17.8 Å². The van der Waals surface area contributed by atoms with Gasteiger partial charge in [0.15, 0.2) is 5.82 Å². The molecule has 5 nitrogen and oxygen atoms in total. The van der Waals surface area contributed by atoms with Gasteiger partial charge < -0.3 is 9.47 Å². The fourth-order valence-corrected chi connectivity index (χ4v) is 2.24. The van der Waals surface area contributed by atoms with Gasteiger partial charge in [-0.25, -0.2) is 9.67 Å². The molecule has 0 radical (unpaired) electrons. The average Bonchev–Trinajstić information content (AvgIpc) is 3.04. The third-order valence-electron chi connectivity index (χ3n) is 3.39. The van der Waals surface area contributed by atoms with Crippen molar-refractivity contribution >= 4 is 0 Å². The molecule has 1 aromatic heterocycles. The summed E-state index contributed by atoms with van der Waals surface area (Å²) in [5.41, 5.74) is 2.02. The lowest BCUT2D eigenvalue weighted by molar-refractivity contribution is 0.414. The summed E-state index contributed by atoms with van der Waals surface area (Å²) in [6.45, 7) is 0.659. The lowest BCUT2D eigenvalue weighted by Crippen LogP contribution is -2.00. The quantitative estimate of drug-likeness (QED) is 0.726. The van der Waals surface area contributed by atoms with Crippen molar-refractivity contribution in [1.82, 2.24) is 14.8 Å². The molecule has 0 aliphatic heterocycles. The van der Waals surface area contributed by atoms with Crippen LogP contribution in [0.5, 0.6) is 11.5 Å². The van der Waals surface area contributed by atoms with Crippen molar-refractivity contribution in [2.45, 2.75) is 6.54 Å². The maximum Gasteiger partial charge on any atom is 0.184 e. The second kappa shape index (κ2) is 6.30. The number of nitrogens with zero attached hydrogens (tertiary/aromatic N) is 3. The molecule has 0 unspecified atom stereocenters. The lowest BCUT2D eigenvalue weighted by atomic mass is 10.2. The molecule has 3 rings (SSSR count). The molecular formula is C17H17N3O2. The van der Waals surface area contributed by atoms with E-state index < -0.39 is 0 Å². The molecule has 0 saturated heterocycles. The standard InChI is InChI=1S/C17H17N3O2/c1-21-14-9-7-13(8-10-14)11-20-12-18-17(19-20)15-5-3-4-6-16(15)22-2/h3-10,12H,11H2,1-2H3. The van der Waals surface area contributed by atoms with E-state index in [1.54, 1.807) is 20.5 Å². The van der Waals surface area contributed by atoms with Crippen molar-refractivity contribution in [2.75, 3.05) is 14.2 Å². The molecule has 0 aliphatic rings. The Hall–Kier alpha value is -2.82. The number of ether oxygens (including phenoxy) is 2. The molecule has 2 aromatic carbocycles. The van der Waals surface area contributed by atoms with Gasteiger partial charge in [0, 0.05) is 0 Å². The molecule has 3 aromatic rings. The third-order valence-corrected chi connectivity index (χ3v) is 3.39. The zero-order chi connectivity index (χ0) is 15.4. The summed E-state index contributed by atoms with van der Waals surface area (Å²) in [4.78, 5) is 4.37. The van der Waals surface area contributed by atoms with Crippen molar-refractivity contribution in [2.24, 2.45) is 0 Å². The molecule has 1 heterocycles. The summed E-state index contributed by atoms with van der Waals surface area (Å²) < 4.78 is 12.3. The van der Waals surface area contributed by atoms with Crippen LogP contribution in [0.15, 0.2) is 54.9 Å². The highest BCUT2D eigenvalue weighted by Gasteiger charge is 2.09. The Bertz CT molecular complexity index is 751. The van der Waals surface area contributed by atoms with Crippen LogP contribution in [0.2, 0.25) is 0 Å². The van der Waals surface area contributed by atoms with Crippen molar-refractivity contribution < 1.29 is 9.47 Å². The predicted octanol–water partition coefficient (Wildman–Crippen LogP) is 3.01. The number of hydrogen-bond acceptors (Lipinski definition) is 4. The Balaban J connectivity index is 1.81. The monoisotopic (exact) mass is 295 g/mol. The minimum atomic E-state index is 0.658. The number of hydrogen-bond donors (Lipinski definition) is 0. The largest absolute Gasteiger partial charge is 0.497 e. The number of rotatable bonds is 5. The van der Waals surface area contributed by atoms with Gasteiger partial charge in [-0.3, -0.25) is 0 Å². The van der Waals surface area contributed by atoms with Crippen molar-refractivity contribution in [3.05, 3.63) is 60.4 Å². The number of aromatic nitrogens is 3. The zero-order valence-corrected chi connectivity index (χ0v) is 12.6. The smallest absolute Gasteiger partial charge is 0.184 e. The van der Waals surface area contributed by atoms with Gasteiger partial charge in [-0.15, -0.1) is 0 Å².